The zero-order valence-electron chi connectivity index (χ0n) is 9.21. The third-order valence-corrected chi connectivity index (χ3v) is 2.16. The van der Waals surface area contributed by atoms with Crippen molar-refractivity contribution in [3.63, 3.8) is 0 Å². The Morgan fingerprint density at radius 2 is 2.12 bits per heavy atom. The Labute approximate surface area is 92.8 Å². The second-order valence-electron chi connectivity index (χ2n) is 3.41. The average molecular weight is 227 g/mol. The van der Waals surface area contributed by atoms with Crippen molar-refractivity contribution in [2.75, 3.05) is 25.5 Å². The van der Waals surface area contributed by atoms with Crippen molar-refractivity contribution < 1.29 is 9.31 Å². The summed E-state index contributed by atoms with van der Waals surface area (Å²) in [5.74, 6) is -0.564. The van der Waals surface area contributed by atoms with Gasteiger partial charge in [-0.1, -0.05) is 0 Å². The summed E-state index contributed by atoms with van der Waals surface area (Å²) in [4.78, 5) is 10.1. The largest absolute Gasteiger partial charge is 0.378 e. The van der Waals surface area contributed by atoms with Crippen LogP contribution >= 0.6 is 0 Å². The standard InChI is InChI=1S/C10H14FN3O2/c1-7-5-9(13-4-3-12-2)10(14(15)16)6-8(7)11/h5-6,12-13H,3-4H2,1-2H3. The molecule has 0 fully saturated rings. The second kappa shape index (κ2) is 5.41. The molecule has 0 spiro atoms. The molecule has 5 nitrogen and oxygen atoms in total. The van der Waals surface area contributed by atoms with Crippen LogP contribution in [-0.2, 0) is 0 Å². The number of hydrogen-bond acceptors (Lipinski definition) is 4. The lowest BCUT2D eigenvalue weighted by molar-refractivity contribution is -0.384. The van der Waals surface area contributed by atoms with Gasteiger partial charge in [-0.05, 0) is 25.6 Å². The van der Waals surface area contributed by atoms with E-state index in [2.05, 4.69) is 10.6 Å². The van der Waals surface area contributed by atoms with Gasteiger partial charge in [-0.3, -0.25) is 10.1 Å². The van der Waals surface area contributed by atoms with Crippen LogP contribution < -0.4 is 10.6 Å². The molecule has 88 valence electrons. The van der Waals surface area contributed by atoms with Crippen LogP contribution in [0.2, 0.25) is 0 Å². The van der Waals surface area contributed by atoms with E-state index in [4.69, 9.17) is 0 Å². The van der Waals surface area contributed by atoms with E-state index in [9.17, 15) is 14.5 Å². The zero-order valence-corrected chi connectivity index (χ0v) is 9.21. The third kappa shape index (κ3) is 2.90. The fraction of sp³-hybridized carbons (Fsp3) is 0.400. The topological polar surface area (TPSA) is 67.2 Å². The molecule has 2 N–H and O–H groups in total. The molecule has 6 heteroatoms. The van der Waals surface area contributed by atoms with Gasteiger partial charge in [-0.15, -0.1) is 0 Å². The number of halogens is 1. The molecular formula is C10H14FN3O2. The molecule has 0 saturated carbocycles. The Bertz CT molecular complexity index is 396. The van der Waals surface area contributed by atoms with Crippen LogP contribution in [0.3, 0.4) is 0 Å². The van der Waals surface area contributed by atoms with Crippen molar-refractivity contribution in [2.24, 2.45) is 0 Å². The van der Waals surface area contributed by atoms with Gasteiger partial charge in [0, 0.05) is 13.1 Å². The number of anilines is 1. The first-order chi connectivity index (χ1) is 7.56. The number of likely N-dealkylation sites (N-methyl/N-ethyl adjacent to an activating group) is 1. The van der Waals surface area contributed by atoms with Crippen molar-refractivity contribution in [3.05, 3.63) is 33.6 Å². The average Bonchev–Trinajstić information content (AvgIpc) is 2.23. The predicted molar refractivity (Wildman–Crippen MR) is 60.2 cm³/mol. The third-order valence-electron chi connectivity index (χ3n) is 2.16. The fourth-order valence-corrected chi connectivity index (χ4v) is 1.29. The van der Waals surface area contributed by atoms with Crippen molar-refractivity contribution in [2.45, 2.75) is 6.92 Å². The second-order valence-corrected chi connectivity index (χ2v) is 3.41. The van der Waals surface area contributed by atoms with E-state index >= 15 is 0 Å². The molecule has 0 saturated heterocycles. The first-order valence-corrected chi connectivity index (χ1v) is 4.89. The normalized spacial score (nSPS) is 10.2. The molecular weight excluding hydrogens is 213 g/mol. The molecule has 0 aliphatic heterocycles. The highest BCUT2D eigenvalue weighted by atomic mass is 19.1. The number of rotatable bonds is 5. The monoisotopic (exact) mass is 227 g/mol. The molecule has 1 aromatic rings. The minimum absolute atomic E-state index is 0.237. The molecule has 0 bridgehead atoms. The van der Waals surface area contributed by atoms with Gasteiger partial charge in [0.05, 0.1) is 11.0 Å². The summed E-state index contributed by atoms with van der Waals surface area (Å²) in [5, 5.41) is 16.5. The van der Waals surface area contributed by atoms with Gasteiger partial charge in [-0.25, -0.2) is 4.39 Å². The molecule has 1 rings (SSSR count). The number of nitro groups is 1. The zero-order chi connectivity index (χ0) is 12.1. The summed E-state index contributed by atoms with van der Waals surface area (Å²) in [6, 6.07) is 2.39. The number of nitrogens with zero attached hydrogens (tertiary/aromatic N) is 1. The summed E-state index contributed by atoms with van der Waals surface area (Å²) in [6.45, 7) is 2.79. The van der Waals surface area contributed by atoms with E-state index in [1.54, 1.807) is 14.0 Å². The molecule has 16 heavy (non-hydrogen) atoms. The number of nitrogens with one attached hydrogen (secondary N) is 2. The van der Waals surface area contributed by atoms with Gasteiger partial charge < -0.3 is 10.6 Å². The predicted octanol–water partition coefficient (Wildman–Crippen LogP) is 1.67. The van der Waals surface area contributed by atoms with Gasteiger partial charge in [0.2, 0.25) is 0 Å². The number of hydrogen-bond donors (Lipinski definition) is 2. The number of aryl methyl sites for hydroxylation is 1. The maximum Gasteiger partial charge on any atom is 0.295 e. The van der Waals surface area contributed by atoms with Gasteiger partial charge in [0.1, 0.15) is 11.5 Å². The smallest absolute Gasteiger partial charge is 0.295 e. The molecule has 0 aliphatic rings. The van der Waals surface area contributed by atoms with Crippen LogP contribution in [0, 0.1) is 22.9 Å². The van der Waals surface area contributed by atoms with Crippen molar-refractivity contribution >= 4 is 11.4 Å². The highest BCUT2D eigenvalue weighted by Crippen LogP contribution is 2.27. The van der Waals surface area contributed by atoms with Crippen LogP contribution in [0.15, 0.2) is 12.1 Å². The molecule has 0 amide bonds. The molecule has 0 unspecified atom stereocenters. The van der Waals surface area contributed by atoms with Crippen LogP contribution in [0.1, 0.15) is 5.56 Å². The summed E-state index contributed by atoms with van der Waals surface area (Å²) >= 11 is 0. The summed E-state index contributed by atoms with van der Waals surface area (Å²) in [6.07, 6.45) is 0. The van der Waals surface area contributed by atoms with E-state index in [0.29, 0.717) is 24.3 Å². The summed E-state index contributed by atoms with van der Waals surface area (Å²) < 4.78 is 13.2. The van der Waals surface area contributed by atoms with Crippen LogP contribution in [-0.4, -0.2) is 25.1 Å². The lowest BCUT2D eigenvalue weighted by atomic mass is 10.2. The maximum absolute atomic E-state index is 13.2. The highest BCUT2D eigenvalue weighted by Gasteiger charge is 2.16. The van der Waals surface area contributed by atoms with E-state index < -0.39 is 10.7 Å². The van der Waals surface area contributed by atoms with Gasteiger partial charge in [0.25, 0.3) is 5.69 Å². The Hall–Kier alpha value is -1.69. The first-order valence-electron chi connectivity index (χ1n) is 4.89. The Kier molecular flexibility index (Phi) is 4.19. The maximum atomic E-state index is 13.2. The van der Waals surface area contributed by atoms with E-state index in [1.807, 2.05) is 0 Å². The summed E-state index contributed by atoms with van der Waals surface area (Å²) in [5.41, 5.74) is 0.496. The van der Waals surface area contributed by atoms with E-state index in [-0.39, 0.29) is 5.69 Å². The highest BCUT2D eigenvalue weighted by molar-refractivity contribution is 5.63. The molecule has 0 atom stereocenters. The quantitative estimate of drug-likeness (QED) is 0.456. The molecule has 0 aliphatic carbocycles. The molecule has 1 aromatic carbocycles. The van der Waals surface area contributed by atoms with Crippen molar-refractivity contribution in [1.82, 2.24) is 5.32 Å². The summed E-state index contributed by atoms with van der Waals surface area (Å²) in [7, 11) is 1.78. The fourth-order valence-electron chi connectivity index (χ4n) is 1.29. The van der Waals surface area contributed by atoms with Crippen LogP contribution in [0.25, 0.3) is 0 Å². The van der Waals surface area contributed by atoms with Crippen molar-refractivity contribution in [3.8, 4) is 0 Å². The van der Waals surface area contributed by atoms with Crippen molar-refractivity contribution in [1.29, 1.82) is 0 Å². The molecule has 0 radical (unpaired) electrons. The van der Waals surface area contributed by atoms with Gasteiger partial charge >= 0.3 is 0 Å². The van der Waals surface area contributed by atoms with Gasteiger partial charge in [-0.2, -0.15) is 0 Å². The van der Waals surface area contributed by atoms with Gasteiger partial charge in [0.15, 0.2) is 0 Å². The van der Waals surface area contributed by atoms with E-state index in [0.717, 1.165) is 6.07 Å². The minimum atomic E-state index is -0.593. The molecule has 0 aromatic heterocycles. The Morgan fingerprint density at radius 1 is 1.44 bits per heavy atom. The van der Waals surface area contributed by atoms with Crippen LogP contribution in [0.4, 0.5) is 15.8 Å². The lowest BCUT2D eigenvalue weighted by Crippen LogP contribution is -2.18. The number of benzene rings is 1. The van der Waals surface area contributed by atoms with Crippen LogP contribution in [0.5, 0.6) is 0 Å². The minimum Gasteiger partial charge on any atom is -0.378 e. The number of nitro benzene ring substituents is 1. The Morgan fingerprint density at radius 3 is 2.69 bits per heavy atom. The van der Waals surface area contributed by atoms with E-state index in [1.165, 1.54) is 6.07 Å². The SMILES string of the molecule is CNCCNc1cc(C)c(F)cc1[N+](=O)[O-]. The lowest BCUT2D eigenvalue weighted by Gasteiger charge is -2.08. The first kappa shape index (κ1) is 12.4. The Balaban J connectivity index is 2.95. The molecule has 0 heterocycles.